The SMILES string of the molecule is CN(Cc1ccc(OC(F)(F)F)cc1)C(=O)CCCCCCN. The standard InChI is InChI=1S/C16H23F3N2O2/c1-21(15(22)6-4-2-3-5-11-20)12-13-7-9-14(10-8-13)23-16(17,18)19/h7-10H,2-6,11-12,20H2,1H3. The maximum absolute atomic E-state index is 12.1. The molecule has 130 valence electrons. The number of nitrogens with two attached hydrogens (primary N) is 1. The van der Waals surface area contributed by atoms with E-state index in [1.165, 1.54) is 24.3 Å². The van der Waals surface area contributed by atoms with Gasteiger partial charge < -0.3 is 15.4 Å². The fourth-order valence-corrected chi connectivity index (χ4v) is 2.12. The van der Waals surface area contributed by atoms with Crippen molar-refractivity contribution in [2.45, 2.75) is 45.0 Å². The van der Waals surface area contributed by atoms with Crippen molar-refractivity contribution < 1.29 is 22.7 Å². The Labute approximate surface area is 134 Å². The van der Waals surface area contributed by atoms with Crippen molar-refractivity contribution in [3.05, 3.63) is 29.8 Å². The molecule has 4 nitrogen and oxygen atoms in total. The van der Waals surface area contributed by atoms with E-state index in [2.05, 4.69) is 4.74 Å². The Balaban J connectivity index is 2.38. The number of nitrogens with zero attached hydrogens (tertiary/aromatic N) is 1. The Kier molecular flexibility index (Phi) is 7.88. The zero-order valence-electron chi connectivity index (χ0n) is 13.2. The number of carbonyl (C=O) groups is 1. The van der Waals surface area contributed by atoms with Crippen molar-refractivity contribution in [2.24, 2.45) is 5.73 Å². The summed E-state index contributed by atoms with van der Waals surface area (Å²) < 4.78 is 40.0. The van der Waals surface area contributed by atoms with Crippen LogP contribution >= 0.6 is 0 Å². The molecule has 0 aliphatic heterocycles. The van der Waals surface area contributed by atoms with E-state index in [0.717, 1.165) is 31.2 Å². The number of carbonyl (C=O) groups excluding carboxylic acids is 1. The first kappa shape index (κ1) is 19.3. The van der Waals surface area contributed by atoms with Crippen LogP contribution in [-0.2, 0) is 11.3 Å². The number of ether oxygens (including phenoxy) is 1. The monoisotopic (exact) mass is 332 g/mol. The first-order chi connectivity index (χ1) is 10.8. The number of halogens is 3. The number of benzene rings is 1. The largest absolute Gasteiger partial charge is 0.573 e. The van der Waals surface area contributed by atoms with Gasteiger partial charge >= 0.3 is 6.36 Å². The summed E-state index contributed by atoms with van der Waals surface area (Å²) in [5.74, 6) is -0.247. The summed E-state index contributed by atoms with van der Waals surface area (Å²) in [4.78, 5) is 13.5. The van der Waals surface area contributed by atoms with Gasteiger partial charge in [-0.3, -0.25) is 4.79 Å². The van der Waals surface area contributed by atoms with Crippen LogP contribution < -0.4 is 10.5 Å². The molecule has 1 aromatic carbocycles. The van der Waals surface area contributed by atoms with Crippen molar-refractivity contribution in [2.75, 3.05) is 13.6 Å². The minimum absolute atomic E-state index is 0.0216. The molecule has 0 bridgehead atoms. The van der Waals surface area contributed by atoms with Crippen LogP contribution in [0.3, 0.4) is 0 Å². The third-order valence-corrected chi connectivity index (χ3v) is 3.35. The molecular formula is C16H23F3N2O2. The fraction of sp³-hybridized carbons (Fsp3) is 0.562. The van der Waals surface area contributed by atoms with Gasteiger partial charge in [-0.1, -0.05) is 25.0 Å². The van der Waals surface area contributed by atoms with Crippen molar-refractivity contribution in [1.29, 1.82) is 0 Å². The second kappa shape index (κ2) is 9.39. The summed E-state index contributed by atoms with van der Waals surface area (Å²) in [6, 6.07) is 5.53. The van der Waals surface area contributed by atoms with Gasteiger partial charge in [0.1, 0.15) is 5.75 Å². The van der Waals surface area contributed by atoms with E-state index in [-0.39, 0.29) is 11.7 Å². The Bertz CT molecular complexity index is 475. The summed E-state index contributed by atoms with van der Waals surface area (Å²) in [7, 11) is 1.68. The van der Waals surface area contributed by atoms with Gasteiger partial charge in [-0.2, -0.15) is 0 Å². The topological polar surface area (TPSA) is 55.6 Å². The molecule has 0 aliphatic carbocycles. The van der Waals surface area contributed by atoms with Crippen molar-refractivity contribution in [3.63, 3.8) is 0 Å². The molecule has 0 saturated heterocycles. The highest BCUT2D eigenvalue weighted by atomic mass is 19.4. The van der Waals surface area contributed by atoms with Gasteiger partial charge in [0.2, 0.25) is 5.91 Å². The highest BCUT2D eigenvalue weighted by Crippen LogP contribution is 2.23. The Morgan fingerprint density at radius 2 is 1.74 bits per heavy atom. The molecule has 0 radical (unpaired) electrons. The number of amides is 1. The average Bonchev–Trinajstić information content (AvgIpc) is 2.47. The summed E-state index contributed by atoms with van der Waals surface area (Å²) in [5.41, 5.74) is 6.15. The Morgan fingerprint density at radius 1 is 1.13 bits per heavy atom. The summed E-state index contributed by atoms with van der Waals surface area (Å²) in [6.45, 7) is 1.02. The quantitative estimate of drug-likeness (QED) is 0.705. The summed E-state index contributed by atoms with van der Waals surface area (Å²) in [6.07, 6.45) is -0.444. The van der Waals surface area contributed by atoms with Gasteiger partial charge in [0.05, 0.1) is 0 Å². The molecule has 0 saturated carbocycles. The first-order valence-electron chi connectivity index (χ1n) is 7.60. The lowest BCUT2D eigenvalue weighted by atomic mass is 10.1. The van der Waals surface area contributed by atoms with E-state index >= 15 is 0 Å². The van der Waals surface area contributed by atoms with Crippen molar-refractivity contribution in [1.82, 2.24) is 4.90 Å². The van der Waals surface area contributed by atoms with E-state index < -0.39 is 6.36 Å². The molecular weight excluding hydrogens is 309 g/mol. The normalized spacial score (nSPS) is 11.3. The molecule has 0 heterocycles. The predicted molar refractivity (Wildman–Crippen MR) is 81.7 cm³/mol. The molecule has 0 atom stereocenters. The van der Waals surface area contributed by atoms with E-state index in [1.54, 1.807) is 11.9 Å². The molecule has 7 heteroatoms. The number of unbranched alkanes of at least 4 members (excludes halogenated alkanes) is 3. The van der Waals surface area contributed by atoms with Crippen LogP contribution in [0.2, 0.25) is 0 Å². The van der Waals surface area contributed by atoms with E-state index in [4.69, 9.17) is 5.73 Å². The van der Waals surface area contributed by atoms with Crippen LogP contribution in [0.4, 0.5) is 13.2 Å². The van der Waals surface area contributed by atoms with Crippen LogP contribution in [0.15, 0.2) is 24.3 Å². The van der Waals surface area contributed by atoms with Crippen LogP contribution in [0.5, 0.6) is 5.75 Å². The molecule has 23 heavy (non-hydrogen) atoms. The summed E-state index contributed by atoms with van der Waals surface area (Å²) >= 11 is 0. The lowest BCUT2D eigenvalue weighted by Gasteiger charge is -2.17. The third-order valence-electron chi connectivity index (χ3n) is 3.35. The lowest BCUT2D eigenvalue weighted by Crippen LogP contribution is -2.25. The van der Waals surface area contributed by atoms with Gasteiger partial charge in [0.25, 0.3) is 0 Å². The Morgan fingerprint density at radius 3 is 2.30 bits per heavy atom. The third kappa shape index (κ3) is 8.44. The van der Waals surface area contributed by atoms with Crippen molar-refractivity contribution in [3.8, 4) is 5.75 Å². The highest BCUT2D eigenvalue weighted by Gasteiger charge is 2.30. The minimum Gasteiger partial charge on any atom is -0.406 e. The predicted octanol–water partition coefficient (Wildman–Crippen LogP) is 3.45. The molecule has 0 spiro atoms. The Hall–Kier alpha value is -1.76. The molecule has 0 unspecified atom stereocenters. The highest BCUT2D eigenvalue weighted by molar-refractivity contribution is 5.75. The van der Waals surface area contributed by atoms with Gasteiger partial charge in [-0.25, -0.2) is 0 Å². The fourth-order valence-electron chi connectivity index (χ4n) is 2.12. The smallest absolute Gasteiger partial charge is 0.406 e. The molecule has 1 aromatic rings. The van der Waals surface area contributed by atoms with Crippen LogP contribution in [0, 0.1) is 0 Å². The van der Waals surface area contributed by atoms with Gasteiger partial charge in [-0.05, 0) is 37.1 Å². The number of alkyl halides is 3. The summed E-state index contributed by atoms with van der Waals surface area (Å²) in [5, 5.41) is 0. The van der Waals surface area contributed by atoms with Gasteiger partial charge in [-0.15, -0.1) is 13.2 Å². The van der Waals surface area contributed by atoms with E-state index in [9.17, 15) is 18.0 Å². The molecule has 0 aromatic heterocycles. The second-order valence-corrected chi connectivity index (χ2v) is 5.39. The molecule has 0 fully saturated rings. The minimum atomic E-state index is -4.70. The van der Waals surface area contributed by atoms with Gasteiger partial charge in [0, 0.05) is 20.0 Å². The van der Waals surface area contributed by atoms with Gasteiger partial charge in [0.15, 0.2) is 0 Å². The van der Waals surface area contributed by atoms with Crippen molar-refractivity contribution >= 4 is 5.91 Å². The molecule has 1 amide bonds. The number of hydrogen-bond acceptors (Lipinski definition) is 3. The molecule has 0 aliphatic rings. The molecule has 1 rings (SSSR count). The van der Waals surface area contributed by atoms with E-state index in [0.29, 0.717) is 19.5 Å². The zero-order chi connectivity index (χ0) is 17.3. The first-order valence-corrected chi connectivity index (χ1v) is 7.60. The van der Waals surface area contributed by atoms with Crippen LogP contribution in [0.1, 0.15) is 37.7 Å². The number of hydrogen-bond donors (Lipinski definition) is 1. The molecule has 2 N–H and O–H groups in total. The van der Waals surface area contributed by atoms with Crippen LogP contribution in [0.25, 0.3) is 0 Å². The zero-order valence-corrected chi connectivity index (χ0v) is 13.2. The lowest BCUT2D eigenvalue weighted by molar-refractivity contribution is -0.274. The second-order valence-electron chi connectivity index (χ2n) is 5.39. The average molecular weight is 332 g/mol. The maximum Gasteiger partial charge on any atom is 0.573 e. The number of rotatable bonds is 9. The van der Waals surface area contributed by atoms with Crippen LogP contribution in [-0.4, -0.2) is 30.8 Å². The maximum atomic E-state index is 12.1. The van der Waals surface area contributed by atoms with E-state index in [1.807, 2.05) is 0 Å².